The van der Waals surface area contributed by atoms with E-state index in [1.165, 1.54) is 7.11 Å². The van der Waals surface area contributed by atoms with E-state index in [-0.39, 0.29) is 6.42 Å². The number of amides is 1. The molecule has 0 radical (unpaired) electrons. The van der Waals surface area contributed by atoms with E-state index >= 15 is 0 Å². The number of ether oxygens (including phenoxy) is 1. The van der Waals surface area contributed by atoms with Gasteiger partial charge in [-0.15, -0.1) is 0 Å². The van der Waals surface area contributed by atoms with Crippen molar-refractivity contribution in [1.82, 2.24) is 9.55 Å². The lowest BCUT2D eigenvalue weighted by molar-refractivity contribution is -0.119. The van der Waals surface area contributed by atoms with Gasteiger partial charge in [-0.1, -0.05) is 48.5 Å². The average molecular weight is 415 g/mol. The number of hydrogen-bond donors (Lipinski definition) is 2. The summed E-state index contributed by atoms with van der Waals surface area (Å²) in [6, 6.07) is 21.8. The van der Waals surface area contributed by atoms with Crippen LogP contribution in [0, 0.1) is 0 Å². The molecule has 0 saturated heterocycles. The fourth-order valence-electron chi connectivity index (χ4n) is 3.52. The van der Waals surface area contributed by atoms with E-state index in [1.54, 1.807) is 48.5 Å². The van der Waals surface area contributed by atoms with Crippen molar-refractivity contribution >= 4 is 22.5 Å². The van der Waals surface area contributed by atoms with Gasteiger partial charge in [-0.3, -0.25) is 9.59 Å². The summed E-state index contributed by atoms with van der Waals surface area (Å²) >= 11 is 0. The minimum Gasteiger partial charge on any atom is -0.497 e. The predicted octanol–water partition coefficient (Wildman–Crippen LogP) is 3.12. The second-order valence-corrected chi connectivity index (χ2v) is 7.08. The number of para-hydroxylation sites is 1. The van der Waals surface area contributed by atoms with E-state index in [0.29, 0.717) is 22.3 Å². The Morgan fingerprint density at radius 1 is 1.00 bits per heavy atom. The normalized spacial score (nSPS) is 11.8. The van der Waals surface area contributed by atoms with Crippen molar-refractivity contribution < 1.29 is 9.53 Å². The molecule has 0 saturated carbocycles. The summed E-state index contributed by atoms with van der Waals surface area (Å²) in [7, 11) is 1.54. The third kappa shape index (κ3) is 4.25. The molecule has 4 rings (SSSR count). The summed E-state index contributed by atoms with van der Waals surface area (Å²) in [6.07, 6.45) is 0.179. The number of nitrogens with one attached hydrogen (secondary N) is 2. The highest BCUT2D eigenvalue weighted by atomic mass is 16.5. The van der Waals surface area contributed by atoms with Crippen LogP contribution in [-0.2, 0) is 11.2 Å². The molecule has 4 aromatic rings. The fraction of sp³-hybridized carbons (Fsp3) is 0.125. The van der Waals surface area contributed by atoms with Gasteiger partial charge in [0.25, 0.3) is 5.56 Å². The maximum atomic E-state index is 13.3. The first-order valence-electron chi connectivity index (χ1n) is 9.79. The van der Waals surface area contributed by atoms with Crippen molar-refractivity contribution in [2.24, 2.45) is 0 Å². The number of aromatic amines is 1. The molecule has 0 spiro atoms. The molecule has 0 aliphatic heterocycles. The van der Waals surface area contributed by atoms with Gasteiger partial charge in [0.05, 0.1) is 18.0 Å². The van der Waals surface area contributed by atoms with E-state index in [4.69, 9.17) is 4.74 Å². The lowest BCUT2D eigenvalue weighted by atomic mass is 10.0. The van der Waals surface area contributed by atoms with Crippen LogP contribution in [-0.4, -0.2) is 22.6 Å². The molecule has 1 amide bonds. The summed E-state index contributed by atoms with van der Waals surface area (Å²) in [5, 5.41) is 3.15. The molecule has 0 fully saturated rings. The van der Waals surface area contributed by atoms with Crippen LogP contribution in [0.3, 0.4) is 0 Å². The SMILES string of the molecule is COc1cccc(NC(=O)[C@H](Cc2ccccc2)n2c(=O)[nH]c3ccccc3c2=O)c1. The van der Waals surface area contributed by atoms with Gasteiger partial charge in [-0.25, -0.2) is 9.36 Å². The molecule has 7 heteroatoms. The molecule has 7 nitrogen and oxygen atoms in total. The number of nitrogens with zero attached hydrogens (tertiary/aromatic N) is 1. The van der Waals surface area contributed by atoms with E-state index in [2.05, 4.69) is 10.3 Å². The number of fused-ring (bicyclic) bond motifs is 1. The molecule has 1 heterocycles. The maximum absolute atomic E-state index is 13.3. The van der Waals surface area contributed by atoms with Crippen molar-refractivity contribution in [3.63, 3.8) is 0 Å². The summed E-state index contributed by atoms with van der Waals surface area (Å²) in [5.74, 6) is 0.109. The third-order valence-electron chi connectivity index (χ3n) is 5.06. The van der Waals surface area contributed by atoms with Crippen LogP contribution in [0.1, 0.15) is 11.6 Å². The summed E-state index contributed by atoms with van der Waals surface area (Å²) in [5.41, 5.74) is 0.618. The molecule has 156 valence electrons. The first kappa shape index (κ1) is 20.2. The first-order valence-corrected chi connectivity index (χ1v) is 9.79. The van der Waals surface area contributed by atoms with Crippen molar-refractivity contribution in [3.8, 4) is 5.75 Å². The number of carbonyl (C=O) groups excluding carboxylic acids is 1. The summed E-state index contributed by atoms with van der Waals surface area (Å²) in [4.78, 5) is 42.0. The number of H-pyrrole nitrogens is 1. The lowest BCUT2D eigenvalue weighted by Crippen LogP contribution is -2.43. The van der Waals surface area contributed by atoms with E-state index < -0.39 is 23.2 Å². The van der Waals surface area contributed by atoms with Crippen molar-refractivity contribution in [2.45, 2.75) is 12.5 Å². The number of methoxy groups -OCH3 is 1. The third-order valence-corrected chi connectivity index (χ3v) is 5.06. The van der Waals surface area contributed by atoms with Gasteiger partial charge in [0, 0.05) is 18.2 Å². The van der Waals surface area contributed by atoms with Gasteiger partial charge in [-0.2, -0.15) is 0 Å². The van der Waals surface area contributed by atoms with Crippen molar-refractivity contribution in [2.75, 3.05) is 12.4 Å². The summed E-state index contributed by atoms with van der Waals surface area (Å²) < 4.78 is 6.19. The van der Waals surface area contributed by atoms with Gasteiger partial charge in [0.15, 0.2) is 0 Å². The van der Waals surface area contributed by atoms with Gasteiger partial charge in [0.1, 0.15) is 11.8 Å². The smallest absolute Gasteiger partial charge is 0.329 e. The van der Waals surface area contributed by atoms with Crippen LogP contribution < -0.4 is 21.3 Å². The average Bonchev–Trinajstić information content (AvgIpc) is 2.79. The standard InChI is InChI=1S/C24H21N3O4/c1-31-18-11-7-10-17(15-18)25-22(28)21(14-16-8-3-2-4-9-16)27-23(29)19-12-5-6-13-20(19)26-24(27)30/h2-13,15,21H,14H2,1H3,(H,25,28)(H,26,30)/t21-/m0/s1. The summed E-state index contributed by atoms with van der Waals surface area (Å²) in [6.45, 7) is 0. The van der Waals surface area contributed by atoms with Gasteiger partial charge < -0.3 is 15.0 Å². The topological polar surface area (TPSA) is 93.2 Å². The minimum absolute atomic E-state index is 0.179. The van der Waals surface area contributed by atoms with Gasteiger partial charge >= 0.3 is 5.69 Å². The Balaban J connectivity index is 1.80. The Morgan fingerprint density at radius 3 is 2.52 bits per heavy atom. The Kier molecular flexibility index (Phi) is 5.66. The Bertz CT molecular complexity index is 1340. The number of rotatable bonds is 6. The largest absolute Gasteiger partial charge is 0.497 e. The van der Waals surface area contributed by atoms with Gasteiger partial charge in [0.2, 0.25) is 5.91 Å². The Morgan fingerprint density at radius 2 is 1.74 bits per heavy atom. The minimum atomic E-state index is -1.05. The monoisotopic (exact) mass is 415 g/mol. The zero-order chi connectivity index (χ0) is 21.8. The van der Waals surface area contributed by atoms with Crippen molar-refractivity contribution in [1.29, 1.82) is 0 Å². The Hall–Kier alpha value is -4.13. The van der Waals surface area contributed by atoms with Gasteiger partial charge in [-0.05, 0) is 29.8 Å². The molecular formula is C24H21N3O4. The molecule has 0 aliphatic carbocycles. The van der Waals surface area contributed by atoms with Crippen LogP contribution in [0.2, 0.25) is 0 Å². The molecule has 0 unspecified atom stereocenters. The fourth-order valence-corrected chi connectivity index (χ4v) is 3.52. The molecule has 3 aromatic carbocycles. The molecule has 0 aliphatic rings. The molecular weight excluding hydrogens is 394 g/mol. The van der Waals surface area contributed by atoms with Crippen LogP contribution in [0.5, 0.6) is 5.75 Å². The van der Waals surface area contributed by atoms with Crippen LogP contribution in [0.15, 0.2) is 88.5 Å². The maximum Gasteiger partial charge on any atom is 0.329 e. The van der Waals surface area contributed by atoms with E-state index in [0.717, 1.165) is 10.1 Å². The van der Waals surface area contributed by atoms with Crippen LogP contribution in [0.4, 0.5) is 5.69 Å². The second kappa shape index (κ2) is 8.71. The van der Waals surface area contributed by atoms with E-state index in [1.807, 2.05) is 30.3 Å². The number of hydrogen-bond acceptors (Lipinski definition) is 4. The Labute approximate surface area is 177 Å². The molecule has 0 bridgehead atoms. The molecule has 31 heavy (non-hydrogen) atoms. The van der Waals surface area contributed by atoms with Crippen molar-refractivity contribution in [3.05, 3.63) is 105 Å². The van der Waals surface area contributed by atoms with Crippen LogP contribution >= 0.6 is 0 Å². The number of carbonyl (C=O) groups is 1. The molecule has 1 aromatic heterocycles. The molecule has 1 atom stereocenters. The number of aromatic nitrogens is 2. The zero-order valence-electron chi connectivity index (χ0n) is 16.9. The highest BCUT2D eigenvalue weighted by molar-refractivity contribution is 5.94. The predicted molar refractivity (Wildman–Crippen MR) is 120 cm³/mol. The molecule has 2 N–H and O–H groups in total. The zero-order valence-corrected chi connectivity index (χ0v) is 16.9. The van der Waals surface area contributed by atoms with E-state index in [9.17, 15) is 14.4 Å². The number of benzene rings is 3. The second-order valence-electron chi connectivity index (χ2n) is 7.08. The number of anilines is 1. The first-order chi connectivity index (χ1) is 15.1. The highest BCUT2D eigenvalue weighted by Gasteiger charge is 2.25. The quantitative estimate of drug-likeness (QED) is 0.506. The highest BCUT2D eigenvalue weighted by Crippen LogP contribution is 2.20. The van der Waals surface area contributed by atoms with Crippen LogP contribution in [0.25, 0.3) is 10.9 Å². The lowest BCUT2D eigenvalue weighted by Gasteiger charge is -2.19.